The molecule has 1 saturated heterocycles. The van der Waals surface area contributed by atoms with Crippen LogP contribution in [-0.2, 0) is 9.59 Å². The quantitative estimate of drug-likeness (QED) is 0.786. The first-order valence-corrected chi connectivity index (χ1v) is 9.99. The van der Waals surface area contributed by atoms with Crippen molar-refractivity contribution < 1.29 is 9.59 Å². The highest BCUT2D eigenvalue weighted by Gasteiger charge is 2.31. The highest BCUT2D eigenvalue weighted by molar-refractivity contribution is 6.31. The third-order valence-electron chi connectivity index (χ3n) is 5.32. The van der Waals surface area contributed by atoms with Crippen molar-refractivity contribution in [1.29, 1.82) is 0 Å². The molecule has 0 spiro atoms. The standard InChI is InChI=1S/C22H26ClN3O2/c1-15-19(23)11-6-12-20(15)25-21(27)16(2)26-13-7-8-17(14-26)22(28)24-18-9-4-3-5-10-18/h3-6,9-12,16-17H,7-8,13-14H2,1-2H3,(H,24,28)(H,25,27)/t16-,17-/m1/s1. The van der Waals surface area contributed by atoms with Crippen molar-refractivity contribution in [2.24, 2.45) is 5.92 Å². The summed E-state index contributed by atoms with van der Waals surface area (Å²) in [4.78, 5) is 27.4. The number of anilines is 2. The Kier molecular flexibility index (Phi) is 6.70. The van der Waals surface area contributed by atoms with Crippen LogP contribution in [0.15, 0.2) is 48.5 Å². The second-order valence-electron chi connectivity index (χ2n) is 7.27. The Labute approximate surface area is 171 Å². The van der Waals surface area contributed by atoms with Gasteiger partial charge in [-0.2, -0.15) is 0 Å². The first-order chi connectivity index (χ1) is 13.5. The molecule has 2 N–H and O–H groups in total. The van der Waals surface area contributed by atoms with E-state index in [4.69, 9.17) is 11.6 Å². The van der Waals surface area contributed by atoms with E-state index in [-0.39, 0.29) is 23.8 Å². The Morgan fingerprint density at radius 3 is 2.61 bits per heavy atom. The molecular formula is C22H26ClN3O2. The van der Waals surface area contributed by atoms with Crippen LogP contribution < -0.4 is 10.6 Å². The number of piperidine rings is 1. The SMILES string of the molecule is Cc1c(Cl)cccc1NC(=O)[C@@H](C)N1CCC[C@@H](C(=O)Nc2ccccc2)C1. The van der Waals surface area contributed by atoms with E-state index < -0.39 is 0 Å². The number of carbonyl (C=O) groups excluding carboxylic acids is 2. The fraction of sp³-hybridized carbons (Fsp3) is 0.364. The highest BCUT2D eigenvalue weighted by atomic mass is 35.5. The molecule has 28 heavy (non-hydrogen) atoms. The lowest BCUT2D eigenvalue weighted by Crippen LogP contribution is -2.49. The van der Waals surface area contributed by atoms with Crippen molar-refractivity contribution in [2.45, 2.75) is 32.7 Å². The van der Waals surface area contributed by atoms with E-state index in [1.54, 1.807) is 6.07 Å². The van der Waals surface area contributed by atoms with Gasteiger partial charge in [-0.15, -0.1) is 0 Å². The summed E-state index contributed by atoms with van der Waals surface area (Å²) in [6, 6.07) is 14.6. The second kappa shape index (κ2) is 9.22. The molecule has 148 valence electrons. The second-order valence-corrected chi connectivity index (χ2v) is 7.67. The molecule has 0 unspecified atom stereocenters. The number of para-hydroxylation sites is 1. The number of hydrogen-bond acceptors (Lipinski definition) is 3. The molecule has 0 radical (unpaired) electrons. The van der Waals surface area contributed by atoms with Gasteiger partial charge in [0.05, 0.1) is 12.0 Å². The van der Waals surface area contributed by atoms with E-state index in [2.05, 4.69) is 15.5 Å². The van der Waals surface area contributed by atoms with Crippen molar-refractivity contribution in [2.75, 3.05) is 23.7 Å². The van der Waals surface area contributed by atoms with Crippen LogP contribution in [0.4, 0.5) is 11.4 Å². The topological polar surface area (TPSA) is 61.4 Å². The summed E-state index contributed by atoms with van der Waals surface area (Å²) in [6.45, 7) is 5.14. The molecule has 5 nitrogen and oxygen atoms in total. The zero-order chi connectivity index (χ0) is 20.1. The first-order valence-electron chi connectivity index (χ1n) is 9.61. The van der Waals surface area contributed by atoms with Gasteiger partial charge in [-0.25, -0.2) is 0 Å². The summed E-state index contributed by atoms with van der Waals surface area (Å²) in [7, 11) is 0. The number of likely N-dealkylation sites (tertiary alicyclic amines) is 1. The Bertz CT molecular complexity index is 841. The van der Waals surface area contributed by atoms with Crippen molar-refractivity contribution in [1.82, 2.24) is 4.90 Å². The van der Waals surface area contributed by atoms with E-state index in [0.717, 1.165) is 36.3 Å². The number of hydrogen-bond donors (Lipinski definition) is 2. The molecular weight excluding hydrogens is 374 g/mol. The molecule has 1 aliphatic heterocycles. The van der Waals surface area contributed by atoms with E-state index in [1.807, 2.05) is 56.3 Å². The van der Waals surface area contributed by atoms with E-state index in [9.17, 15) is 9.59 Å². The zero-order valence-corrected chi connectivity index (χ0v) is 17.0. The molecule has 2 aromatic rings. The Morgan fingerprint density at radius 2 is 1.86 bits per heavy atom. The zero-order valence-electron chi connectivity index (χ0n) is 16.2. The van der Waals surface area contributed by atoms with Gasteiger partial charge in [0.15, 0.2) is 0 Å². The third-order valence-corrected chi connectivity index (χ3v) is 5.73. The average Bonchev–Trinajstić information content (AvgIpc) is 2.71. The van der Waals surface area contributed by atoms with Gasteiger partial charge in [0, 0.05) is 22.9 Å². The van der Waals surface area contributed by atoms with Crippen LogP contribution in [0.1, 0.15) is 25.3 Å². The average molecular weight is 400 g/mol. The number of nitrogens with zero attached hydrogens (tertiary/aromatic N) is 1. The molecule has 0 aromatic heterocycles. The number of nitrogens with one attached hydrogen (secondary N) is 2. The van der Waals surface area contributed by atoms with Crippen LogP contribution in [0.3, 0.4) is 0 Å². The van der Waals surface area contributed by atoms with Crippen molar-refractivity contribution in [3.8, 4) is 0 Å². The monoisotopic (exact) mass is 399 g/mol. The fourth-order valence-corrected chi connectivity index (χ4v) is 3.66. The Hall–Kier alpha value is -2.37. The minimum atomic E-state index is -0.328. The minimum absolute atomic E-state index is 0.00851. The first kappa shape index (κ1) is 20.4. The van der Waals surface area contributed by atoms with E-state index in [1.165, 1.54) is 0 Å². The van der Waals surface area contributed by atoms with Crippen LogP contribution in [0.5, 0.6) is 0 Å². The lowest BCUT2D eigenvalue weighted by Gasteiger charge is -2.35. The largest absolute Gasteiger partial charge is 0.326 e. The number of halogens is 1. The molecule has 2 aromatic carbocycles. The maximum atomic E-state index is 12.7. The molecule has 0 aliphatic carbocycles. The van der Waals surface area contributed by atoms with Gasteiger partial charge in [-0.1, -0.05) is 35.9 Å². The van der Waals surface area contributed by atoms with Crippen LogP contribution in [0.25, 0.3) is 0 Å². The van der Waals surface area contributed by atoms with Gasteiger partial charge in [0.25, 0.3) is 0 Å². The predicted octanol–water partition coefficient (Wildman–Crippen LogP) is 4.33. The summed E-state index contributed by atoms with van der Waals surface area (Å²) in [6.07, 6.45) is 1.72. The molecule has 1 fully saturated rings. The van der Waals surface area contributed by atoms with Gasteiger partial charge in [0.2, 0.25) is 11.8 Å². The number of rotatable bonds is 5. The van der Waals surface area contributed by atoms with Crippen LogP contribution in [-0.4, -0.2) is 35.8 Å². The van der Waals surface area contributed by atoms with E-state index >= 15 is 0 Å². The number of carbonyl (C=O) groups is 2. The molecule has 2 atom stereocenters. The lowest BCUT2D eigenvalue weighted by molar-refractivity contribution is -0.125. The summed E-state index contributed by atoms with van der Waals surface area (Å²) in [5, 5.41) is 6.57. The lowest BCUT2D eigenvalue weighted by atomic mass is 9.95. The summed E-state index contributed by atoms with van der Waals surface area (Å²) in [5.41, 5.74) is 2.37. The molecule has 1 heterocycles. The van der Waals surface area contributed by atoms with Gasteiger partial charge in [0.1, 0.15) is 0 Å². The van der Waals surface area contributed by atoms with Crippen LogP contribution in [0, 0.1) is 12.8 Å². The van der Waals surface area contributed by atoms with Gasteiger partial charge in [-0.3, -0.25) is 14.5 Å². The third kappa shape index (κ3) is 4.91. The van der Waals surface area contributed by atoms with Gasteiger partial charge >= 0.3 is 0 Å². The Morgan fingerprint density at radius 1 is 1.11 bits per heavy atom. The minimum Gasteiger partial charge on any atom is -0.326 e. The van der Waals surface area contributed by atoms with Crippen molar-refractivity contribution in [3.05, 3.63) is 59.1 Å². The molecule has 0 saturated carbocycles. The maximum Gasteiger partial charge on any atom is 0.241 e. The Balaban J connectivity index is 1.60. The summed E-state index contributed by atoms with van der Waals surface area (Å²) >= 11 is 6.14. The fourth-order valence-electron chi connectivity index (χ4n) is 3.48. The van der Waals surface area contributed by atoms with Gasteiger partial charge < -0.3 is 10.6 Å². The van der Waals surface area contributed by atoms with Crippen molar-refractivity contribution >= 4 is 34.8 Å². The smallest absolute Gasteiger partial charge is 0.241 e. The summed E-state index contributed by atoms with van der Waals surface area (Å²) in [5.74, 6) is -0.208. The highest BCUT2D eigenvalue weighted by Crippen LogP contribution is 2.24. The van der Waals surface area contributed by atoms with E-state index in [0.29, 0.717) is 11.6 Å². The van der Waals surface area contributed by atoms with Crippen molar-refractivity contribution in [3.63, 3.8) is 0 Å². The maximum absolute atomic E-state index is 12.7. The molecule has 6 heteroatoms. The predicted molar refractivity (Wildman–Crippen MR) is 114 cm³/mol. The molecule has 3 rings (SSSR count). The number of amides is 2. The van der Waals surface area contributed by atoms with Gasteiger partial charge in [-0.05, 0) is 63.1 Å². The number of benzene rings is 2. The summed E-state index contributed by atoms with van der Waals surface area (Å²) < 4.78 is 0. The normalized spacial score (nSPS) is 18.3. The molecule has 1 aliphatic rings. The van der Waals surface area contributed by atoms with Crippen LogP contribution >= 0.6 is 11.6 Å². The molecule has 0 bridgehead atoms. The molecule has 2 amide bonds. The van der Waals surface area contributed by atoms with Crippen LogP contribution in [0.2, 0.25) is 5.02 Å².